The van der Waals surface area contributed by atoms with Crippen molar-refractivity contribution in [2.24, 2.45) is 7.05 Å². The Hall–Kier alpha value is -3.67. The number of hydrogen-bond donors (Lipinski definition) is 2. The van der Waals surface area contributed by atoms with E-state index >= 15 is 0 Å². The van der Waals surface area contributed by atoms with Crippen LogP contribution in [-0.4, -0.2) is 20.4 Å². The molecule has 2 aromatic heterocycles. The van der Waals surface area contributed by atoms with Crippen molar-refractivity contribution >= 4 is 22.5 Å². The van der Waals surface area contributed by atoms with Crippen LogP contribution in [0.4, 0.5) is 10.1 Å². The predicted molar refractivity (Wildman–Crippen MR) is 105 cm³/mol. The van der Waals surface area contributed by atoms with Gasteiger partial charge >= 0.3 is 0 Å². The van der Waals surface area contributed by atoms with Crippen molar-refractivity contribution in [1.82, 2.24) is 14.5 Å². The van der Waals surface area contributed by atoms with Crippen molar-refractivity contribution in [1.29, 1.82) is 0 Å². The Kier molecular flexibility index (Phi) is 4.08. The van der Waals surface area contributed by atoms with Gasteiger partial charge in [-0.15, -0.1) is 0 Å². The third kappa shape index (κ3) is 3.25. The van der Waals surface area contributed by atoms with Crippen molar-refractivity contribution < 1.29 is 9.18 Å². The van der Waals surface area contributed by atoms with Gasteiger partial charge in [-0.25, -0.2) is 9.37 Å². The first-order valence-electron chi connectivity index (χ1n) is 8.38. The smallest absolute Gasteiger partial charge is 0.247 e. The lowest BCUT2D eigenvalue weighted by molar-refractivity contribution is -0.111. The first-order chi connectivity index (χ1) is 13.0. The first-order valence-corrected chi connectivity index (χ1v) is 8.38. The highest BCUT2D eigenvalue weighted by Gasteiger charge is 2.14. The van der Waals surface area contributed by atoms with Crippen LogP contribution in [-0.2, 0) is 11.8 Å². The molecule has 134 valence electrons. The van der Waals surface area contributed by atoms with Gasteiger partial charge in [0.15, 0.2) is 0 Å². The number of H-pyrrole nitrogens is 1. The zero-order chi connectivity index (χ0) is 19.0. The molecule has 2 heterocycles. The molecule has 0 atom stereocenters. The van der Waals surface area contributed by atoms with Gasteiger partial charge in [-0.2, -0.15) is 0 Å². The normalized spacial score (nSPS) is 10.9. The monoisotopic (exact) mass is 360 g/mol. The molecule has 2 N–H and O–H groups in total. The molecule has 0 radical (unpaired) electrons. The van der Waals surface area contributed by atoms with Gasteiger partial charge in [0.25, 0.3) is 0 Å². The zero-order valence-electron chi connectivity index (χ0n) is 14.7. The van der Waals surface area contributed by atoms with E-state index in [1.54, 1.807) is 12.4 Å². The minimum atomic E-state index is -0.296. The summed E-state index contributed by atoms with van der Waals surface area (Å²) in [5.74, 6) is -0.586. The zero-order valence-corrected chi connectivity index (χ0v) is 14.7. The number of aromatic amines is 1. The van der Waals surface area contributed by atoms with E-state index in [0.29, 0.717) is 5.69 Å². The third-order valence-corrected chi connectivity index (χ3v) is 4.30. The second-order valence-corrected chi connectivity index (χ2v) is 6.30. The van der Waals surface area contributed by atoms with Crippen LogP contribution in [0.1, 0.15) is 0 Å². The lowest BCUT2D eigenvalue weighted by Crippen LogP contribution is -2.07. The summed E-state index contributed by atoms with van der Waals surface area (Å²) in [6.07, 6.45) is 4.84. The molecule has 0 fully saturated rings. The minimum absolute atomic E-state index is 0.290. The summed E-state index contributed by atoms with van der Waals surface area (Å²) < 4.78 is 15.5. The molecular formula is C21H17FN4O. The van der Waals surface area contributed by atoms with Crippen LogP contribution < -0.4 is 5.32 Å². The van der Waals surface area contributed by atoms with Crippen molar-refractivity contribution in [2.75, 3.05) is 5.32 Å². The average Bonchev–Trinajstić information content (AvgIpc) is 3.27. The number of hydrogen-bond acceptors (Lipinski definition) is 2. The number of nitrogens with zero attached hydrogens (tertiary/aromatic N) is 2. The molecule has 0 aliphatic heterocycles. The topological polar surface area (TPSA) is 62.7 Å². The van der Waals surface area contributed by atoms with Crippen LogP contribution >= 0.6 is 0 Å². The highest BCUT2D eigenvalue weighted by molar-refractivity contribution is 6.04. The van der Waals surface area contributed by atoms with E-state index in [1.807, 2.05) is 42.1 Å². The van der Waals surface area contributed by atoms with Gasteiger partial charge in [0, 0.05) is 41.1 Å². The van der Waals surface area contributed by atoms with Crippen LogP contribution in [0, 0.1) is 5.82 Å². The fourth-order valence-corrected chi connectivity index (χ4v) is 3.08. The molecule has 27 heavy (non-hydrogen) atoms. The molecule has 0 saturated heterocycles. The molecule has 4 aromatic rings. The summed E-state index contributed by atoms with van der Waals surface area (Å²) in [6.45, 7) is 3.49. The molecule has 1 amide bonds. The Morgan fingerprint density at radius 1 is 1.30 bits per heavy atom. The van der Waals surface area contributed by atoms with Crippen LogP contribution in [0.3, 0.4) is 0 Å². The maximum atomic E-state index is 13.6. The van der Waals surface area contributed by atoms with E-state index in [-0.39, 0.29) is 11.7 Å². The van der Waals surface area contributed by atoms with E-state index in [9.17, 15) is 9.18 Å². The van der Waals surface area contributed by atoms with E-state index in [1.165, 1.54) is 18.2 Å². The Morgan fingerprint density at radius 3 is 2.85 bits per heavy atom. The number of benzene rings is 2. The summed E-state index contributed by atoms with van der Waals surface area (Å²) in [6, 6.07) is 12.1. The Morgan fingerprint density at radius 2 is 2.15 bits per heavy atom. The number of nitrogens with one attached hydrogen (secondary N) is 2. The number of fused-ring (bicyclic) bond motifs is 1. The van der Waals surface area contributed by atoms with E-state index in [2.05, 4.69) is 21.9 Å². The highest BCUT2D eigenvalue weighted by Crippen LogP contribution is 2.34. The molecule has 0 aliphatic rings. The van der Waals surface area contributed by atoms with Gasteiger partial charge in [0.05, 0.1) is 17.5 Å². The molecule has 0 spiro atoms. The number of anilines is 1. The van der Waals surface area contributed by atoms with Crippen LogP contribution in [0.5, 0.6) is 0 Å². The SMILES string of the molecule is C=CC(=O)Nc1cc(-c2cn(C)cn2)c2[nH]c(-c3cccc(F)c3)cc2c1. The maximum Gasteiger partial charge on any atom is 0.247 e. The maximum absolute atomic E-state index is 13.6. The van der Waals surface area contributed by atoms with E-state index in [0.717, 1.165) is 33.4 Å². The van der Waals surface area contributed by atoms with Crippen molar-refractivity contribution in [2.45, 2.75) is 0 Å². The lowest BCUT2D eigenvalue weighted by atomic mass is 10.1. The number of aryl methyl sites for hydroxylation is 1. The number of imidazole rings is 1. The van der Waals surface area contributed by atoms with E-state index < -0.39 is 0 Å². The third-order valence-electron chi connectivity index (χ3n) is 4.30. The molecule has 2 aromatic carbocycles. The van der Waals surface area contributed by atoms with Crippen LogP contribution in [0.2, 0.25) is 0 Å². The fourth-order valence-electron chi connectivity index (χ4n) is 3.08. The summed E-state index contributed by atoms with van der Waals surface area (Å²) in [5, 5.41) is 3.68. The van der Waals surface area contributed by atoms with Gasteiger partial charge in [0.1, 0.15) is 5.82 Å². The molecule has 6 heteroatoms. The number of carbonyl (C=O) groups is 1. The molecular weight excluding hydrogens is 343 g/mol. The molecule has 5 nitrogen and oxygen atoms in total. The van der Waals surface area contributed by atoms with Gasteiger partial charge < -0.3 is 14.9 Å². The van der Waals surface area contributed by atoms with Crippen molar-refractivity contribution in [3.05, 3.63) is 73.5 Å². The second-order valence-electron chi connectivity index (χ2n) is 6.30. The van der Waals surface area contributed by atoms with Crippen molar-refractivity contribution in [3.63, 3.8) is 0 Å². The predicted octanol–water partition coefficient (Wildman–Crippen LogP) is 4.50. The van der Waals surface area contributed by atoms with Gasteiger partial charge in [-0.1, -0.05) is 18.7 Å². The van der Waals surface area contributed by atoms with Crippen LogP contribution in [0.25, 0.3) is 33.4 Å². The van der Waals surface area contributed by atoms with E-state index in [4.69, 9.17) is 0 Å². The van der Waals surface area contributed by atoms with Gasteiger partial charge in [-0.05, 0) is 36.4 Å². The number of carbonyl (C=O) groups excluding carboxylic acids is 1. The first kappa shape index (κ1) is 16.8. The molecule has 0 bridgehead atoms. The summed E-state index contributed by atoms with van der Waals surface area (Å²) in [5.41, 5.74) is 4.64. The second kappa shape index (κ2) is 6.57. The minimum Gasteiger partial charge on any atom is -0.354 e. The quantitative estimate of drug-likeness (QED) is 0.527. The van der Waals surface area contributed by atoms with Gasteiger partial charge in [0.2, 0.25) is 5.91 Å². The van der Waals surface area contributed by atoms with Crippen molar-refractivity contribution in [3.8, 4) is 22.5 Å². The Bertz CT molecular complexity index is 1170. The number of aromatic nitrogens is 3. The summed E-state index contributed by atoms with van der Waals surface area (Å²) in [4.78, 5) is 19.5. The molecule has 0 unspecified atom stereocenters. The van der Waals surface area contributed by atoms with Gasteiger partial charge in [-0.3, -0.25) is 4.79 Å². The Balaban J connectivity index is 1.91. The summed E-state index contributed by atoms with van der Waals surface area (Å²) in [7, 11) is 1.89. The fraction of sp³-hybridized carbons (Fsp3) is 0.0476. The average molecular weight is 360 g/mol. The Labute approximate surface area is 155 Å². The summed E-state index contributed by atoms with van der Waals surface area (Å²) >= 11 is 0. The lowest BCUT2D eigenvalue weighted by Gasteiger charge is -2.06. The largest absolute Gasteiger partial charge is 0.354 e. The number of amides is 1. The highest BCUT2D eigenvalue weighted by atomic mass is 19.1. The van der Waals surface area contributed by atoms with Crippen LogP contribution in [0.15, 0.2) is 67.6 Å². The molecule has 0 aliphatic carbocycles. The number of rotatable bonds is 4. The number of halogens is 1. The standard InChI is InChI=1S/C21H17FN4O/c1-3-20(27)24-16-8-14-9-18(13-5-4-6-15(22)7-13)25-21(14)17(10-16)19-11-26(2)12-23-19/h3-12,25H,1H2,2H3,(H,24,27). The molecule has 0 saturated carbocycles. The molecule has 4 rings (SSSR count).